The number of hydrogen-bond donors (Lipinski definition) is 1. The zero-order valence-corrected chi connectivity index (χ0v) is 8.23. The molecule has 12 heavy (non-hydrogen) atoms. The molecule has 1 unspecified atom stereocenters. The Kier molecular flexibility index (Phi) is 4.05. The fourth-order valence-electron chi connectivity index (χ4n) is 1.02. The molecule has 1 N–H and O–H groups in total. The molecule has 1 aromatic rings. The monoisotopic (exact) mass is 181 g/mol. The minimum atomic E-state index is 0.530. The molecule has 1 nitrogen and oxygen atoms in total. The van der Waals surface area contributed by atoms with Gasteiger partial charge in [-0.15, -0.1) is 6.58 Å². The van der Waals surface area contributed by atoms with Crippen LogP contribution < -0.4 is 5.32 Å². The van der Waals surface area contributed by atoms with Gasteiger partial charge in [0.25, 0.3) is 0 Å². The van der Waals surface area contributed by atoms with E-state index in [0.29, 0.717) is 6.04 Å². The Bertz CT molecular complexity index is 216. The predicted molar refractivity (Wildman–Crippen MR) is 55.4 cm³/mol. The molecule has 66 valence electrons. The second-order valence-electron chi connectivity index (χ2n) is 2.94. The summed E-state index contributed by atoms with van der Waals surface area (Å²) in [5.41, 5.74) is 1.37. The van der Waals surface area contributed by atoms with Crippen molar-refractivity contribution in [2.24, 2.45) is 0 Å². The number of nitrogens with one attached hydrogen (secondary N) is 1. The summed E-state index contributed by atoms with van der Waals surface area (Å²) in [6.45, 7) is 6.85. The van der Waals surface area contributed by atoms with Crippen molar-refractivity contribution in [3.63, 3.8) is 0 Å². The van der Waals surface area contributed by atoms with Crippen LogP contribution in [-0.2, 0) is 6.54 Å². The smallest absolute Gasteiger partial charge is 0.0216 e. The Balaban J connectivity index is 2.21. The van der Waals surface area contributed by atoms with Crippen molar-refractivity contribution in [3.8, 4) is 0 Å². The second kappa shape index (κ2) is 5.12. The van der Waals surface area contributed by atoms with E-state index in [4.69, 9.17) is 0 Å². The third kappa shape index (κ3) is 3.20. The van der Waals surface area contributed by atoms with Crippen LogP contribution in [0.3, 0.4) is 0 Å². The second-order valence-corrected chi connectivity index (χ2v) is 3.72. The van der Waals surface area contributed by atoms with Crippen LogP contribution in [0.15, 0.2) is 29.5 Å². The number of thiophene rings is 1. The lowest BCUT2D eigenvalue weighted by molar-refractivity contribution is 0.554. The maximum absolute atomic E-state index is 3.71. The first-order chi connectivity index (χ1) is 5.83. The summed E-state index contributed by atoms with van der Waals surface area (Å²) < 4.78 is 0. The van der Waals surface area contributed by atoms with Crippen LogP contribution in [-0.4, -0.2) is 6.04 Å². The van der Waals surface area contributed by atoms with Gasteiger partial charge in [-0.2, -0.15) is 11.3 Å². The van der Waals surface area contributed by atoms with Gasteiger partial charge >= 0.3 is 0 Å². The lowest BCUT2D eigenvalue weighted by Crippen LogP contribution is -2.24. The highest BCUT2D eigenvalue weighted by atomic mass is 32.1. The average molecular weight is 181 g/mol. The molecule has 0 aromatic carbocycles. The summed E-state index contributed by atoms with van der Waals surface area (Å²) in [5, 5.41) is 7.70. The van der Waals surface area contributed by atoms with Gasteiger partial charge in [-0.3, -0.25) is 0 Å². The van der Waals surface area contributed by atoms with E-state index in [2.05, 4.69) is 35.6 Å². The molecule has 0 aliphatic heterocycles. The normalized spacial score (nSPS) is 12.8. The summed E-state index contributed by atoms with van der Waals surface area (Å²) >= 11 is 1.74. The molecule has 0 bridgehead atoms. The van der Waals surface area contributed by atoms with E-state index < -0.39 is 0 Å². The molecule has 0 saturated carbocycles. The van der Waals surface area contributed by atoms with Gasteiger partial charge in [-0.05, 0) is 35.7 Å². The molecule has 0 radical (unpaired) electrons. The van der Waals surface area contributed by atoms with Gasteiger partial charge in [0.2, 0.25) is 0 Å². The summed E-state index contributed by atoms with van der Waals surface area (Å²) in [6.07, 6.45) is 2.98. The first-order valence-electron chi connectivity index (χ1n) is 4.18. The van der Waals surface area contributed by atoms with Crippen LogP contribution in [0.1, 0.15) is 18.9 Å². The van der Waals surface area contributed by atoms with Gasteiger partial charge in [0.05, 0.1) is 0 Å². The maximum atomic E-state index is 3.71. The third-order valence-corrected chi connectivity index (χ3v) is 2.49. The zero-order chi connectivity index (χ0) is 8.81. The third-order valence-electron chi connectivity index (χ3n) is 1.75. The van der Waals surface area contributed by atoms with E-state index in [9.17, 15) is 0 Å². The first kappa shape index (κ1) is 9.49. The van der Waals surface area contributed by atoms with Gasteiger partial charge in [-0.25, -0.2) is 0 Å². The van der Waals surface area contributed by atoms with Crippen molar-refractivity contribution in [1.82, 2.24) is 5.32 Å². The highest BCUT2D eigenvalue weighted by molar-refractivity contribution is 7.07. The zero-order valence-electron chi connectivity index (χ0n) is 7.42. The summed E-state index contributed by atoms with van der Waals surface area (Å²) in [7, 11) is 0. The highest BCUT2D eigenvalue weighted by Gasteiger charge is 1.98. The van der Waals surface area contributed by atoms with Gasteiger partial charge in [0.15, 0.2) is 0 Å². The molecule has 1 heterocycles. The fraction of sp³-hybridized carbons (Fsp3) is 0.400. The lowest BCUT2D eigenvalue weighted by atomic mass is 10.2. The Morgan fingerprint density at radius 2 is 2.58 bits per heavy atom. The van der Waals surface area contributed by atoms with E-state index in [1.54, 1.807) is 11.3 Å². The molecular formula is C10H15NS. The van der Waals surface area contributed by atoms with Crippen molar-refractivity contribution < 1.29 is 0 Å². The van der Waals surface area contributed by atoms with Crippen molar-refractivity contribution >= 4 is 11.3 Å². The van der Waals surface area contributed by atoms with Crippen molar-refractivity contribution in [2.75, 3.05) is 0 Å². The molecule has 1 aromatic heterocycles. The van der Waals surface area contributed by atoms with Crippen molar-refractivity contribution in [1.29, 1.82) is 0 Å². The fourth-order valence-corrected chi connectivity index (χ4v) is 1.69. The lowest BCUT2D eigenvalue weighted by Gasteiger charge is -2.09. The van der Waals surface area contributed by atoms with Crippen LogP contribution in [0.5, 0.6) is 0 Å². The topological polar surface area (TPSA) is 12.0 Å². The quantitative estimate of drug-likeness (QED) is 0.689. The van der Waals surface area contributed by atoms with Gasteiger partial charge in [-0.1, -0.05) is 6.08 Å². The molecule has 0 aliphatic rings. The van der Waals surface area contributed by atoms with Crippen LogP contribution in [0.25, 0.3) is 0 Å². The highest BCUT2D eigenvalue weighted by Crippen LogP contribution is 2.05. The van der Waals surface area contributed by atoms with Crippen LogP contribution >= 0.6 is 11.3 Å². The van der Waals surface area contributed by atoms with Gasteiger partial charge in [0.1, 0.15) is 0 Å². The Morgan fingerprint density at radius 1 is 1.75 bits per heavy atom. The number of hydrogen-bond acceptors (Lipinski definition) is 2. The molecule has 0 amide bonds. The summed E-state index contributed by atoms with van der Waals surface area (Å²) in [5.74, 6) is 0. The summed E-state index contributed by atoms with van der Waals surface area (Å²) in [4.78, 5) is 0. The van der Waals surface area contributed by atoms with Crippen LogP contribution in [0.2, 0.25) is 0 Å². The Hall–Kier alpha value is -0.600. The SMILES string of the molecule is C=CCC(C)NCc1ccsc1. The molecule has 0 spiro atoms. The summed E-state index contributed by atoms with van der Waals surface area (Å²) in [6, 6.07) is 2.68. The molecular weight excluding hydrogens is 166 g/mol. The number of rotatable bonds is 5. The average Bonchev–Trinajstić information content (AvgIpc) is 2.53. The Labute approximate surface area is 78.1 Å². The van der Waals surface area contributed by atoms with E-state index >= 15 is 0 Å². The molecule has 1 atom stereocenters. The first-order valence-corrected chi connectivity index (χ1v) is 5.12. The molecule has 0 aliphatic carbocycles. The molecule has 0 saturated heterocycles. The predicted octanol–water partition coefficient (Wildman–Crippen LogP) is 2.80. The van der Waals surface area contributed by atoms with Crippen LogP contribution in [0, 0.1) is 0 Å². The van der Waals surface area contributed by atoms with Crippen molar-refractivity contribution in [3.05, 3.63) is 35.0 Å². The van der Waals surface area contributed by atoms with E-state index in [1.807, 2.05) is 6.08 Å². The van der Waals surface area contributed by atoms with E-state index in [-0.39, 0.29) is 0 Å². The van der Waals surface area contributed by atoms with E-state index in [0.717, 1.165) is 13.0 Å². The van der Waals surface area contributed by atoms with Crippen molar-refractivity contribution in [2.45, 2.75) is 25.9 Å². The largest absolute Gasteiger partial charge is 0.310 e. The minimum Gasteiger partial charge on any atom is -0.310 e. The molecule has 0 fully saturated rings. The maximum Gasteiger partial charge on any atom is 0.0216 e. The van der Waals surface area contributed by atoms with Gasteiger partial charge in [0, 0.05) is 12.6 Å². The standard InChI is InChI=1S/C10H15NS/c1-3-4-9(2)11-7-10-5-6-12-8-10/h3,5-6,8-9,11H,1,4,7H2,2H3. The Morgan fingerprint density at radius 3 is 3.17 bits per heavy atom. The van der Waals surface area contributed by atoms with E-state index in [1.165, 1.54) is 5.56 Å². The molecule has 2 heteroatoms. The molecule has 1 rings (SSSR count). The van der Waals surface area contributed by atoms with Gasteiger partial charge < -0.3 is 5.32 Å². The minimum absolute atomic E-state index is 0.530. The van der Waals surface area contributed by atoms with Crippen LogP contribution in [0.4, 0.5) is 0 Å².